The van der Waals surface area contributed by atoms with E-state index < -0.39 is 0 Å². The molecule has 0 aliphatic carbocycles. The molecule has 0 fully saturated rings. The van der Waals surface area contributed by atoms with Gasteiger partial charge in [0.2, 0.25) is 0 Å². The van der Waals surface area contributed by atoms with E-state index >= 15 is 0 Å². The summed E-state index contributed by atoms with van der Waals surface area (Å²) in [6.45, 7) is 8.81. The molecule has 0 nitrogen and oxygen atoms in total. The number of thioether (sulfide) groups is 1. The predicted octanol–water partition coefficient (Wildman–Crippen LogP) is 7.47. The maximum atomic E-state index is 3.32. The first kappa shape index (κ1) is 21.9. The molecule has 130 valence electrons. The van der Waals surface area contributed by atoms with Crippen LogP contribution in [0.3, 0.4) is 0 Å². The smallest absolute Gasteiger partial charge is 0.0230 e. The number of hydrogen-bond donors (Lipinski definition) is 0. The van der Waals surface area contributed by atoms with Crippen LogP contribution in [-0.4, -0.2) is 11.5 Å². The normalized spacial score (nSPS) is 11.3. The molecule has 0 heterocycles. The van der Waals surface area contributed by atoms with Crippen molar-refractivity contribution in [3.63, 3.8) is 0 Å². The fourth-order valence-corrected chi connectivity index (χ4v) is 3.18. The van der Waals surface area contributed by atoms with Crippen molar-refractivity contribution >= 4 is 11.8 Å². The van der Waals surface area contributed by atoms with Crippen molar-refractivity contribution in [1.29, 1.82) is 0 Å². The lowest BCUT2D eigenvalue weighted by Crippen LogP contribution is -1.98. The number of rotatable bonds is 14. The van der Waals surface area contributed by atoms with E-state index in [2.05, 4.69) is 51.3 Å². The summed E-state index contributed by atoms with van der Waals surface area (Å²) in [4.78, 5) is 0. The van der Waals surface area contributed by atoms with Crippen LogP contribution >= 0.6 is 11.8 Å². The van der Waals surface area contributed by atoms with Gasteiger partial charge in [-0.2, -0.15) is 11.8 Å². The molecule has 0 aromatic carbocycles. The molecule has 0 saturated heterocycles. The molecular weight excluding hydrogens is 284 g/mol. The van der Waals surface area contributed by atoms with Gasteiger partial charge in [0.1, 0.15) is 0 Å². The Balaban J connectivity index is 3.10. The van der Waals surface area contributed by atoms with Crippen LogP contribution in [0.1, 0.15) is 105 Å². The number of unbranched alkanes of at least 4 members (excludes halogenated alkanes) is 11. The summed E-state index contributed by atoms with van der Waals surface area (Å²) >= 11 is 2.09. The molecule has 0 spiro atoms. The Hall–Kier alpha value is -0.0900. The lowest BCUT2D eigenvalue weighted by molar-refractivity contribution is 0.551. The second-order valence-electron chi connectivity index (χ2n) is 7.39. The van der Waals surface area contributed by atoms with Crippen molar-refractivity contribution in [3.8, 4) is 11.8 Å². The van der Waals surface area contributed by atoms with Gasteiger partial charge in [-0.1, -0.05) is 70.6 Å². The molecule has 0 bridgehead atoms. The first-order valence-corrected chi connectivity index (χ1v) is 10.8. The SMILES string of the molecule is CCSCCCCCCCCCCCCCC#CC(C)(C)C. The summed E-state index contributed by atoms with van der Waals surface area (Å²) in [5, 5.41) is 0. The molecule has 0 amide bonds. The van der Waals surface area contributed by atoms with E-state index in [9.17, 15) is 0 Å². The van der Waals surface area contributed by atoms with Crippen molar-refractivity contribution in [3.05, 3.63) is 0 Å². The Morgan fingerprint density at radius 2 is 1.14 bits per heavy atom. The Morgan fingerprint density at radius 1 is 0.682 bits per heavy atom. The third-order valence-corrected chi connectivity index (χ3v) is 4.74. The number of hydrogen-bond acceptors (Lipinski definition) is 1. The van der Waals surface area contributed by atoms with Gasteiger partial charge in [0, 0.05) is 11.8 Å². The minimum absolute atomic E-state index is 0.175. The van der Waals surface area contributed by atoms with Gasteiger partial charge in [-0.05, 0) is 45.1 Å². The Kier molecular flexibility index (Phi) is 15.7. The molecule has 0 atom stereocenters. The molecular formula is C21H40S. The van der Waals surface area contributed by atoms with Crippen LogP contribution in [0.5, 0.6) is 0 Å². The van der Waals surface area contributed by atoms with E-state index in [0.717, 1.165) is 6.42 Å². The van der Waals surface area contributed by atoms with Crippen molar-refractivity contribution in [2.75, 3.05) is 11.5 Å². The van der Waals surface area contributed by atoms with Crippen LogP contribution in [-0.2, 0) is 0 Å². The van der Waals surface area contributed by atoms with Gasteiger partial charge < -0.3 is 0 Å². The zero-order valence-electron chi connectivity index (χ0n) is 15.8. The zero-order chi connectivity index (χ0) is 16.5. The summed E-state index contributed by atoms with van der Waals surface area (Å²) in [6.07, 6.45) is 16.7. The average molecular weight is 325 g/mol. The molecule has 0 aliphatic heterocycles. The second kappa shape index (κ2) is 15.8. The van der Waals surface area contributed by atoms with Gasteiger partial charge in [-0.25, -0.2) is 0 Å². The van der Waals surface area contributed by atoms with Crippen LogP contribution in [0.25, 0.3) is 0 Å². The van der Waals surface area contributed by atoms with Gasteiger partial charge in [0.15, 0.2) is 0 Å². The summed E-state index contributed by atoms with van der Waals surface area (Å²) < 4.78 is 0. The molecule has 0 radical (unpaired) electrons. The van der Waals surface area contributed by atoms with E-state index in [4.69, 9.17) is 0 Å². The van der Waals surface area contributed by atoms with Crippen molar-refractivity contribution < 1.29 is 0 Å². The van der Waals surface area contributed by atoms with Crippen LogP contribution in [0.15, 0.2) is 0 Å². The Labute approximate surface area is 145 Å². The third kappa shape index (κ3) is 19.9. The van der Waals surface area contributed by atoms with Crippen LogP contribution in [0, 0.1) is 17.3 Å². The quantitative estimate of drug-likeness (QED) is 0.236. The average Bonchev–Trinajstić information content (AvgIpc) is 2.45. The third-order valence-electron chi connectivity index (χ3n) is 3.76. The van der Waals surface area contributed by atoms with E-state index in [-0.39, 0.29) is 5.41 Å². The highest BCUT2D eigenvalue weighted by Gasteiger charge is 2.02. The molecule has 0 rings (SSSR count). The fraction of sp³-hybridized carbons (Fsp3) is 0.905. The maximum Gasteiger partial charge on any atom is 0.0230 e. The molecule has 1 heteroatoms. The maximum absolute atomic E-state index is 3.32. The topological polar surface area (TPSA) is 0 Å². The van der Waals surface area contributed by atoms with E-state index in [1.807, 2.05) is 0 Å². The van der Waals surface area contributed by atoms with E-state index in [1.165, 1.54) is 82.1 Å². The Morgan fingerprint density at radius 3 is 1.59 bits per heavy atom. The minimum Gasteiger partial charge on any atom is -0.162 e. The van der Waals surface area contributed by atoms with Gasteiger partial charge in [-0.3, -0.25) is 0 Å². The highest BCUT2D eigenvalue weighted by atomic mass is 32.2. The van der Waals surface area contributed by atoms with Crippen molar-refractivity contribution in [1.82, 2.24) is 0 Å². The molecule has 22 heavy (non-hydrogen) atoms. The molecule has 0 saturated carbocycles. The zero-order valence-corrected chi connectivity index (χ0v) is 16.6. The highest BCUT2D eigenvalue weighted by Crippen LogP contribution is 2.13. The Bertz CT molecular complexity index is 277. The van der Waals surface area contributed by atoms with Crippen LogP contribution in [0.2, 0.25) is 0 Å². The van der Waals surface area contributed by atoms with Gasteiger partial charge in [-0.15, -0.1) is 5.92 Å². The highest BCUT2D eigenvalue weighted by molar-refractivity contribution is 7.99. The van der Waals surface area contributed by atoms with E-state index in [1.54, 1.807) is 0 Å². The van der Waals surface area contributed by atoms with E-state index in [0.29, 0.717) is 0 Å². The minimum atomic E-state index is 0.175. The second-order valence-corrected chi connectivity index (χ2v) is 8.78. The van der Waals surface area contributed by atoms with Crippen LogP contribution in [0.4, 0.5) is 0 Å². The van der Waals surface area contributed by atoms with Gasteiger partial charge in [0.25, 0.3) is 0 Å². The lowest BCUT2D eigenvalue weighted by atomic mass is 9.97. The molecule has 0 aromatic rings. The van der Waals surface area contributed by atoms with Crippen LogP contribution < -0.4 is 0 Å². The first-order valence-electron chi connectivity index (χ1n) is 9.64. The summed E-state index contributed by atoms with van der Waals surface area (Å²) in [5.41, 5.74) is 0.175. The summed E-state index contributed by atoms with van der Waals surface area (Å²) in [7, 11) is 0. The standard InChI is InChI=1S/C21H40S/c1-5-22-20-18-16-14-12-10-8-6-7-9-11-13-15-17-19-21(2,3)4/h5-16,18,20H2,1-4H3. The largest absolute Gasteiger partial charge is 0.162 e. The first-order chi connectivity index (χ1) is 10.6. The lowest BCUT2D eigenvalue weighted by Gasteiger charge is -2.06. The molecule has 0 unspecified atom stereocenters. The summed E-state index contributed by atoms with van der Waals surface area (Å²) in [5.74, 6) is 9.29. The molecule has 0 N–H and O–H groups in total. The predicted molar refractivity (Wildman–Crippen MR) is 106 cm³/mol. The van der Waals surface area contributed by atoms with Gasteiger partial charge in [0.05, 0.1) is 0 Å². The fourth-order valence-electron chi connectivity index (χ4n) is 2.48. The molecule has 0 aliphatic rings. The van der Waals surface area contributed by atoms with Gasteiger partial charge >= 0.3 is 0 Å². The van der Waals surface area contributed by atoms with Crippen molar-refractivity contribution in [2.24, 2.45) is 5.41 Å². The monoisotopic (exact) mass is 324 g/mol. The molecule has 0 aromatic heterocycles. The summed E-state index contributed by atoms with van der Waals surface area (Å²) in [6, 6.07) is 0. The van der Waals surface area contributed by atoms with Crippen molar-refractivity contribution in [2.45, 2.75) is 105 Å².